The zero-order chi connectivity index (χ0) is 18.6. The molecular formula is C22H24N4O. The SMILES string of the molecule is Cc1ccnn1-c1ccc(C(=O)NCC2CCN(c3ccccc3)C2)cc1. The lowest BCUT2D eigenvalue weighted by Gasteiger charge is -2.18. The number of amides is 1. The van der Waals surface area contributed by atoms with Gasteiger partial charge in [0.25, 0.3) is 5.91 Å². The molecule has 27 heavy (non-hydrogen) atoms. The third-order valence-electron chi connectivity index (χ3n) is 5.16. The summed E-state index contributed by atoms with van der Waals surface area (Å²) < 4.78 is 1.86. The summed E-state index contributed by atoms with van der Waals surface area (Å²) in [5.41, 5.74) is 3.97. The fourth-order valence-corrected chi connectivity index (χ4v) is 3.61. The molecule has 0 saturated carbocycles. The van der Waals surface area contributed by atoms with E-state index in [0.29, 0.717) is 18.0 Å². The van der Waals surface area contributed by atoms with Gasteiger partial charge in [0, 0.05) is 42.8 Å². The summed E-state index contributed by atoms with van der Waals surface area (Å²) in [6.07, 6.45) is 2.88. The fourth-order valence-electron chi connectivity index (χ4n) is 3.61. The molecule has 0 radical (unpaired) electrons. The number of anilines is 1. The Hall–Kier alpha value is -3.08. The van der Waals surface area contributed by atoms with Crippen LogP contribution in [0.4, 0.5) is 5.69 Å². The van der Waals surface area contributed by atoms with E-state index < -0.39 is 0 Å². The number of nitrogens with zero attached hydrogens (tertiary/aromatic N) is 3. The van der Waals surface area contributed by atoms with Crippen molar-refractivity contribution in [3.63, 3.8) is 0 Å². The van der Waals surface area contributed by atoms with Crippen molar-refractivity contribution >= 4 is 11.6 Å². The van der Waals surface area contributed by atoms with E-state index in [1.54, 1.807) is 6.20 Å². The molecule has 1 unspecified atom stereocenters. The van der Waals surface area contributed by atoms with Crippen molar-refractivity contribution in [1.29, 1.82) is 0 Å². The molecule has 2 heterocycles. The summed E-state index contributed by atoms with van der Waals surface area (Å²) in [5.74, 6) is 0.469. The maximum atomic E-state index is 12.5. The normalized spacial score (nSPS) is 16.5. The molecule has 0 spiro atoms. The van der Waals surface area contributed by atoms with E-state index >= 15 is 0 Å². The summed E-state index contributed by atoms with van der Waals surface area (Å²) in [6, 6.07) is 20.0. The molecule has 2 aromatic carbocycles. The van der Waals surface area contributed by atoms with Gasteiger partial charge >= 0.3 is 0 Å². The van der Waals surface area contributed by atoms with Crippen LogP contribution in [0.3, 0.4) is 0 Å². The largest absolute Gasteiger partial charge is 0.371 e. The number of carbonyl (C=O) groups is 1. The number of rotatable bonds is 5. The minimum atomic E-state index is -0.0168. The predicted octanol–water partition coefficient (Wildman–Crippen LogP) is 3.44. The average Bonchev–Trinajstić information content (AvgIpc) is 3.36. The lowest BCUT2D eigenvalue weighted by atomic mass is 10.1. The first-order chi connectivity index (χ1) is 13.2. The maximum Gasteiger partial charge on any atom is 0.251 e. The molecule has 1 amide bonds. The lowest BCUT2D eigenvalue weighted by molar-refractivity contribution is 0.0948. The van der Waals surface area contributed by atoms with Gasteiger partial charge in [0.1, 0.15) is 0 Å². The molecule has 4 rings (SSSR count). The molecule has 138 valence electrons. The van der Waals surface area contributed by atoms with Crippen LogP contribution in [-0.2, 0) is 0 Å². The molecule has 5 nitrogen and oxygen atoms in total. The van der Waals surface area contributed by atoms with Crippen molar-refractivity contribution in [2.45, 2.75) is 13.3 Å². The van der Waals surface area contributed by atoms with Gasteiger partial charge < -0.3 is 10.2 Å². The summed E-state index contributed by atoms with van der Waals surface area (Å²) in [4.78, 5) is 14.9. The van der Waals surface area contributed by atoms with Crippen molar-refractivity contribution in [2.24, 2.45) is 5.92 Å². The molecule has 1 atom stereocenters. The number of hydrogen-bond donors (Lipinski definition) is 1. The van der Waals surface area contributed by atoms with Gasteiger partial charge in [-0.25, -0.2) is 4.68 Å². The summed E-state index contributed by atoms with van der Waals surface area (Å²) in [5, 5.41) is 7.38. The van der Waals surface area contributed by atoms with Crippen LogP contribution in [0.15, 0.2) is 66.9 Å². The molecule has 5 heteroatoms. The van der Waals surface area contributed by atoms with Crippen LogP contribution in [0.2, 0.25) is 0 Å². The molecule has 3 aromatic rings. The zero-order valence-corrected chi connectivity index (χ0v) is 15.5. The van der Waals surface area contributed by atoms with Crippen molar-refractivity contribution in [3.05, 3.63) is 78.1 Å². The highest BCUT2D eigenvalue weighted by Crippen LogP contribution is 2.23. The van der Waals surface area contributed by atoms with Gasteiger partial charge in [-0.05, 0) is 61.7 Å². The highest BCUT2D eigenvalue weighted by Gasteiger charge is 2.23. The minimum Gasteiger partial charge on any atom is -0.371 e. The van der Waals surface area contributed by atoms with E-state index in [1.807, 2.05) is 48.0 Å². The zero-order valence-electron chi connectivity index (χ0n) is 15.5. The Bertz CT molecular complexity index is 902. The molecule has 1 aliphatic rings. The van der Waals surface area contributed by atoms with Gasteiger partial charge in [0.15, 0.2) is 0 Å². The number of para-hydroxylation sites is 1. The standard InChI is InChI=1S/C22H24N4O/c1-17-11-13-24-26(17)21-9-7-19(8-10-21)22(27)23-15-18-12-14-25(16-18)20-5-3-2-4-6-20/h2-11,13,18H,12,14-16H2,1H3,(H,23,27). The van der Waals surface area contributed by atoms with Gasteiger partial charge in [0.2, 0.25) is 0 Å². The van der Waals surface area contributed by atoms with Crippen LogP contribution >= 0.6 is 0 Å². The van der Waals surface area contributed by atoms with E-state index in [-0.39, 0.29) is 5.91 Å². The molecule has 1 aromatic heterocycles. The number of aromatic nitrogens is 2. The van der Waals surface area contributed by atoms with Gasteiger partial charge in [-0.3, -0.25) is 4.79 Å². The Labute approximate surface area is 159 Å². The summed E-state index contributed by atoms with van der Waals surface area (Å²) in [6.45, 7) is 4.75. The van der Waals surface area contributed by atoms with Crippen molar-refractivity contribution in [1.82, 2.24) is 15.1 Å². The average molecular weight is 360 g/mol. The topological polar surface area (TPSA) is 50.2 Å². The molecule has 1 saturated heterocycles. The van der Waals surface area contributed by atoms with Crippen LogP contribution in [-0.4, -0.2) is 35.3 Å². The third-order valence-corrected chi connectivity index (χ3v) is 5.16. The number of nitrogens with one attached hydrogen (secondary N) is 1. The highest BCUT2D eigenvalue weighted by atomic mass is 16.1. The molecule has 1 N–H and O–H groups in total. The van der Waals surface area contributed by atoms with Crippen molar-refractivity contribution in [2.75, 3.05) is 24.5 Å². The Morgan fingerprint density at radius 3 is 2.56 bits per heavy atom. The number of aryl methyl sites for hydroxylation is 1. The van der Waals surface area contributed by atoms with Crippen molar-refractivity contribution in [3.8, 4) is 5.69 Å². The van der Waals surface area contributed by atoms with E-state index in [2.05, 4.69) is 39.6 Å². The lowest BCUT2D eigenvalue weighted by Crippen LogP contribution is -2.31. The summed E-state index contributed by atoms with van der Waals surface area (Å²) >= 11 is 0. The first-order valence-corrected chi connectivity index (χ1v) is 9.40. The molecular weight excluding hydrogens is 336 g/mol. The Balaban J connectivity index is 1.31. The quantitative estimate of drug-likeness (QED) is 0.758. The highest BCUT2D eigenvalue weighted by molar-refractivity contribution is 5.94. The minimum absolute atomic E-state index is 0.0168. The molecule has 0 bridgehead atoms. The van der Waals surface area contributed by atoms with Gasteiger partial charge in [-0.2, -0.15) is 5.10 Å². The molecule has 1 aliphatic heterocycles. The van der Waals surface area contributed by atoms with Crippen LogP contribution in [0.25, 0.3) is 5.69 Å². The maximum absolute atomic E-state index is 12.5. The van der Waals surface area contributed by atoms with E-state index in [1.165, 1.54) is 5.69 Å². The number of hydrogen-bond acceptors (Lipinski definition) is 3. The van der Waals surface area contributed by atoms with Gasteiger partial charge in [-0.15, -0.1) is 0 Å². The molecule has 1 fully saturated rings. The Morgan fingerprint density at radius 2 is 1.85 bits per heavy atom. The molecule has 0 aliphatic carbocycles. The van der Waals surface area contributed by atoms with Gasteiger partial charge in [-0.1, -0.05) is 18.2 Å². The summed E-state index contributed by atoms with van der Waals surface area (Å²) in [7, 11) is 0. The van der Waals surface area contributed by atoms with Crippen LogP contribution < -0.4 is 10.2 Å². The second-order valence-electron chi connectivity index (χ2n) is 7.08. The van der Waals surface area contributed by atoms with Crippen LogP contribution in [0, 0.1) is 12.8 Å². The second kappa shape index (κ2) is 7.66. The van der Waals surface area contributed by atoms with Crippen LogP contribution in [0.5, 0.6) is 0 Å². The third kappa shape index (κ3) is 3.87. The van der Waals surface area contributed by atoms with Crippen LogP contribution in [0.1, 0.15) is 22.5 Å². The number of benzene rings is 2. The van der Waals surface area contributed by atoms with E-state index in [9.17, 15) is 4.79 Å². The second-order valence-corrected chi connectivity index (χ2v) is 7.08. The van der Waals surface area contributed by atoms with Crippen molar-refractivity contribution < 1.29 is 4.79 Å². The Kier molecular flexibility index (Phi) is 4.92. The van der Waals surface area contributed by atoms with Gasteiger partial charge in [0.05, 0.1) is 5.69 Å². The fraction of sp³-hybridized carbons (Fsp3) is 0.273. The Morgan fingerprint density at radius 1 is 1.07 bits per heavy atom. The monoisotopic (exact) mass is 360 g/mol. The van der Waals surface area contributed by atoms with E-state index in [0.717, 1.165) is 30.9 Å². The number of carbonyl (C=O) groups excluding carboxylic acids is 1. The smallest absolute Gasteiger partial charge is 0.251 e. The first-order valence-electron chi connectivity index (χ1n) is 9.40. The first kappa shape index (κ1) is 17.3. The van der Waals surface area contributed by atoms with E-state index in [4.69, 9.17) is 0 Å². The predicted molar refractivity (Wildman–Crippen MR) is 107 cm³/mol.